The summed E-state index contributed by atoms with van der Waals surface area (Å²) in [7, 11) is -2.28. The van der Waals surface area contributed by atoms with Crippen LogP contribution in [0.5, 0.6) is 0 Å². The van der Waals surface area contributed by atoms with Gasteiger partial charge in [-0.05, 0) is 15.7 Å². The van der Waals surface area contributed by atoms with Crippen LogP contribution in [0.2, 0.25) is 0 Å². The van der Waals surface area contributed by atoms with E-state index in [1.165, 1.54) is 0 Å². The van der Waals surface area contributed by atoms with E-state index in [-0.39, 0.29) is 6.61 Å². The molecular formula is C17H19NO5P+. The molecular weight excluding hydrogens is 329 g/mol. The second-order valence-electron chi connectivity index (χ2n) is 4.96. The summed E-state index contributed by atoms with van der Waals surface area (Å²) in [5.74, 6) is -0.794. The van der Waals surface area contributed by atoms with Gasteiger partial charge in [-0.3, -0.25) is 5.32 Å². The Bertz CT molecular complexity index is 651. The van der Waals surface area contributed by atoms with Gasteiger partial charge in [0, 0.05) is 6.42 Å². The number of nitrogens with one attached hydrogen (secondary N) is 1. The van der Waals surface area contributed by atoms with Crippen molar-refractivity contribution in [1.82, 2.24) is 5.32 Å². The number of carbonyl (C=O) groups is 1. The third-order valence-electron chi connectivity index (χ3n) is 3.21. The fourth-order valence-corrected chi connectivity index (χ4v) is 2.93. The number of rotatable bonds is 8. The normalized spacial score (nSPS) is 12.3. The number of alkyl carbamates (subject to hydrolysis) is 1. The molecule has 0 radical (unpaired) electrons. The number of aliphatic hydroxyl groups is 1. The standard InChI is InChI=1S/C17H18NO5P/c19-13-23-24(21)16(11-14-7-3-1-4-8-14)18-17(20)22-12-15-9-5-2-6-10-15/h1-10,16,19H,11-13H2/p+1. The Morgan fingerprint density at radius 1 is 1.04 bits per heavy atom. The van der Waals surface area contributed by atoms with Crippen LogP contribution in [0.3, 0.4) is 0 Å². The number of ether oxygens (including phenoxy) is 1. The molecule has 7 heteroatoms. The van der Waals surface area contributed by atoms with E-state index < -0.39 is 26.7 Å². The average molecular weight is 348 g/mol. The Labute approximate surface area is 141 Å². The van der Waals surface area contributed by atoms with Crippen LogP contribution < -0.4 is 5.32 Å². The van der Waals surface area contributed by atoms with Crippen LogP contribution in [0.1, 0.15) is 11.1 Å². The fraction of sp³-hybridized carbons (Fsp3) is 0.235. The third kappa shape index (κ3) is 6.08. The number of hydrogen-bond donors (Lipinski definition) is 2. The maximum atomic E-state index is 12.1. The molecule has 0 heterocycles. The van der Waals surface area contributed by atoms with Crippen molar-refractivity contribution in [3.63, 3.8) is 0 Å². The Hall–Kier alpha value is -2.27. The Kier molecular flexibility index (Phi) is 7.36. The van der Waals surface area contributed by atoms with Gasteiger partial charge in [0.15, 0.2) is 6.79 Å². The number of hydrogen-bond acceptors (Lipinski definition) is 5. The van der Waals surface area contributed by atoms with Gasteiger partial charge in [-0.1, -0.05) is 60.7 Å². The first-order chi connectivity index (χ1) is 11.7. The van der Waals surface area contributed by atoms with Gasteiger partial charge in [0.2, 0.25) is 0 Å². The van der Waals surface area contributed by atoms with Gasteiger partial charge in [-0.25, -0.2) is 4.79 Å². The third-order valence-corrected chi connectivity index (χ3v) is 4.40. The van der Waals surface area contributed by atoms with Crippen molar-refractivity contribution < 1.29 is 23.7 Å². The summed E-state index contributed by atoms with van der Waals surface area (Å²) in [6.45, 7) is -0.566. The molecule has 0 fully saturated rings. The first-order valence-corrected chi connectivity index (χ1v) is 8.65. The van der Waals surface area contributed by atoms with E-state index in [2.05, 4.69) is 5.32 Å². The van der Waals surface area contributed by atoms with Crippen LogP contribution in [-0.2, 0) is 26.9 Å². The molecule has 0 aliphatic carbocycles. The molecule has 0 aromatic heterocycles. The summed E-state index contributed by atoms with van der Waals surface area (Å²) in [5, 5.41) is 11.3. The number of benzene rings is 2. The predicted molar refractivity (Wildman–Crippen MR) is 89.5 cm³/mol. The average Bonchev–Trinajstić information content (AvgIpc) is 2.61. The molecule has 0 aliphatic rings. The van der Waals surface area contributed by atoms with Crippen molar-refractivity contribution in [2.45, 2.75) is 18.8 Å². The van der Waals surface area contributed by atoms with Crippen molar-refractivity contribution in [3.05, 3.63) is 71.8 Å². The molecule has 2 rings (SSSR count). The molecule has 2 atom stereocenters. The molecule has 0 bridgehead atoms. The van der Waals surface area contributed by atoms with E-state index in [9.17, 15) is 9.36 Å². The van der Waals surface area contributed by atoms with Gasteiger partial charge >= 0.3 is 14.1 Å². The lowest BCUT2D eigenvalue weighted by Crippen LogP contribution is -2.34. The van der Waals surface area contributed by atoms with Crippen LogP contribution in [-0.4, -0.2) is 23.8 Å². The number of aliphatic hydroxyl groups excluding tert-OH is 1. The van der Waals surface area contributed by atoms with Gasteiger partial charge in [-0.15, -0.1) is 4.52 Å². The minimum atomic E-state index is -2.28. The van der Waals surface area contributed by atoms with E-state index in [4.69, 9.17) is 14.4 Å². The van der Waals surface area contributed by atoms with E-state index in [1.54, 1.807) is 0 Å². The highest BCUT2D eigenvalue weighted by atomic mass is 31.1. The molecule has 0 spiro atoms. The lowest BCUT2D eigenvalue weighted by atomic mass is 10.1. The fourth-order valence-electron chi connectivity index (χ4n) is 2.06. The van der Waals surface area contributed by atoms with Crippen molar-refractivity contribution >= 4 is 14.1 Å². The summed E-state index contributed by atoms with van der Waals surface area (Å²) in [4.78, 5) is 11.9. The van der Waals surface area contributed by atoms with E-state index in [0.29, 0.717) is 6.42 Å². The molecule has 2 unspecified atom stereocenters. The first-order valence-electron chi connectivity index (χ1n) is 7.40. The summed E-state index contributed by atoms with van der Waals surface area (Å²) in [5.41, 5.74) is 1.74. The minimum absolute atomic E-state index is 0.113. The van der Waals surface area contributed by atoms with Crippen LogP contribution in [0, 0.1) is 0 Å². The maximum Gasteiger partial charge on any atom is 0.536 e. The first kappa shape index (κ1) is 18.1. The largest absolute Gasteiger partial charge is 0.536 e. The van der Waals surface area contributed by atoms with E-state index in [0.717, 1.165) is 11.1 Å². The lowest BCUT2D eigenvalue weighted by molar-refractivity contribution is 0.103. The van der Waals surface area contributed by atoms with Crippen molar-refractivity contribution in [1.29, 1.82) is 0 Å². The molecule has 0 saturated carbocycles. The SMILES string of the molecule is O=C(NC(Cc1ccccc1)[P+](=O)OCO)OCc1ccccc1. The zero-order valence-electron chi connectivity index (χ0n) is 13.0. The summed E-state index contributed by atoms with van der Waals surface area (Å²) < 4.78 is 21.9. The lowest BCUT2D eigenvalue weighted by Gasteiger charge is -2.10. The van der Waals surface area contributed by atoms with E-state index in [1.807, 2.05) is 60.7 Å². The predicted octanol–water partition coefficient (Wildman–Crippen LogP) is 3.19. The zero-order valence-corrected chi connectivity index (χ0v) is 13.9. The van der Waals surface area contributed by atoms with Crippen LogP contribution >= 0.6 is 8.03 Å². The van der Waals surface area contributed by atoms with Gasteiger partial charge < -0.3 is 9.84 Å². The quantitative estimate of drug-likeness (QED) is 0.565. The minimum Gasteiger partial charge on any atom is -0.445 e. The highest BCUT2D eigenvalue weighted by molar-refractivity contribution is 7.40. The highest BCUT2D eigenvalue weighted by Gasteiger charge is 2.35. The van der Waals surface area contributed by atoms with Gasteiger partial charge in [0.05, 0.1) is 0 Å². The topological polar surface area (TPSA) is 84.9 Å². The Balaban J connectivity index is 1.93. The zero-order chi connectivity index (χ0) is 17.2. The number of carbonyl (C=O) groups excluding carboxylic acids is 1. The molecule has 0 saturated heterocycles. The van der Waals surface area contributed by atoms with E-state index >= 15 is 0 Å². The van der Waals surface area contributed by atoms with Gasteiger partial charge in [-0.2, -0.15) is 0 Å². The molecule has 24 heavy (non-hydrogen) atoms. The van der Waals surface area contributed by atoms with Crippen LogP contribution in [0.15, 0.2) is 60.7 Å². The smallest absolute Gasteiger partial charge is 0.445 e. The molecule has 1 amide bonds. The van der Waals surface area contributed by atoms with Gasteiger partial charge in [0.1, 0.15) is 6.61 Å². The highest BCUT2D eigenvalue weighted by Crippen LogP contribution is 2.30. The summed E-state index contributed by atoms with van der Waals surface area (Å²) in [6, 6.07) is 18.5. The number of amides is 1. The maximum absolute atomic E-state index is 12.1. The molecule has 2 N–H and O–H groups in total. The summed E-state index contributed by atoms with van der Waals surface area (Å²) >= 11 is 0. The van der Waals surface area contributed by atoms with Crippen molar-refractivity contribution in [3.8, 4) is 0 Å². The second-order valence-corrected chi connectivity index (χ2v) is 6.41. The van der Waals surface area contributed by atoms with Crippen molar-refractivity contribution in [2.75, 3.05) is 6.79 Å². The molecule has 6 nitrogen and oxygen atoms in total. The monoisotopic (exact) mass is 348 g/mol. The summed E-state index contributed by atoms with van der Waals surface area (Å²) in [6.07, 6.45) is -0.388. The molecule has 126 valence electrons. The Morgan fingerprint density at radius 2 is 1.62 bits per heavy atom. The Morgan fingerprint density at radius 3 is 2.21 bits per heavy atom. The van der Waals surface area contributed by atoms with Crippen LogP contribution in [0.25, 0.3) is 0 Å². The molecule has 2 aromatic rings. The molecule has 2 aromatic carbocycles. The molecule has 0 aliphatic heterocycles. The van der Waals surface area contributed by atoms with Gasteiger partial charge in [0.25, 0.3) is 5.78 Å². The second kappa shape index (κ2) is 9.78. The van der Waals surface area contributed by atoms with Crippen molar-refractivity contribution in [2.24, 2.45) is 0 Å². The van der Waals surface area contributed by atoms with Crippen LogP contribution in [0.4, 0.5) is 4.79 Å².